The molecule has 82 valence electrons. The Morgan fingerprint density at radius 1 is 1.31 bits per heavy atom. The highest BCUT2D eigenvalue weighted by Crippen LogP contribution is 2.34. The first kappa shape index (κ1) is 10.9. The van der Waals surface area contributed by atoms with Crippen LogP contribution in [0.3, 0.4) is 0 Å². The Kier molecular flexibility index (Phi) is 2.78. The fourth-order valence-electron chi connectivity index (χ4n) is 1.68. The van der Waals surface area contributed by atoms with Crippen LogP contribution in [0.5, 0.6) is 0 Å². The van der Waals surface area contributed by atoms with Gasteiger partial charge >= 0.3 is 0 Å². The van der Waals surface area contributed by atoms with Gasteiger partial charge in [0.1, 0.15) is 5.69 Å². The summed E-state index contributed by atoms with van der Waals surface area (Å²) in [6.45, 7) is 0. The molecule has 4 nitrogen and oxygen atoms in total. The number of halogens is 1. The average Bonchev–Trinajstić information content (AvgIpc) is 2.26. The van der Waals surface area contributed by atoms with E-state index in [4.69, 9.17) is 0 Å². The first-order chi connectivity index (χ1) is 7.63. The molecule has 2 rings (SSSR count). The van der Waals surface area contributed by atoms with Crippen molar-refractivity contribution in [1.82, 2.24) is 0 Å². The van der Waals surface area contributed by atoms with Crippen LogP contribution >= 0.6 is 15.9 Å². The Morgan fingerprint density at radius 2 is 2.06 bits per heavy atom. The number of nitrogens with zero attached hydrogens (tertiary/aromatic N) is 1. The number of benzene rings is 2. The molecule has 0 radical (unpaired) electrons. The molecule has 0 atom stereocenters. The predicted molar refractivity (Wildman–Crippen MR) is 67.8 cm³/mol. The lowest BCUT2D eigenvalue weighted by molar-refractivity contribution is -0.382. The minimum Gasteiger partial charge on any atom is -0.383 e. The Bertz CT molecular complexity index is 569. The van der Waals surface area contributed by atoms with Gasteiger partial charge in [0.15, 0.2) is 0 Å². The molecule has 0 fully saturated rings. The SMILES string of the molecule is CNc1ccc2cc(Br)ccc2c1[N+](=O)[O-]. The van der Waals surface area contributed by atoms with Gasteiger partial charge in [-0.2, -0.15) is 0 Å². The van der Waals surface area contributed by atoms with Gasteiger partial charge in [-0.3, -0.25) is 10.1 Å². The molecule has 0 bridgehead atoms. The number of hydrogen-bond donors (Lipinski definition) is 1. The number of nitro groups is 1. The average molecular weight is 281 g/mol. The van der Waals surface area contributed by atoms with E-state index in [9.17, 15) is 10.1 Å². The summed E-state index contributed by atoms with van der Waals surface area (Å²) >= 11 is 3.34. The third-order valence-electron chi connectivity index (χ3n) is 2.41. The number of anilines is 1. The van der Waals surface area contributed by atoms with Crippen molar-refractivity contribution in [3.05, 3.63) is 44.9 Å². The smallest absolute Gasteiger partial charge is 0.300 e. The van der Waals surface area contributed by atoms with E-state index in [0.717, 1.165) is 9.86 Å². The number of hydrogen-bond acceptors (Lipinski definition) is 3. The normalized spacial score (nSPS) is 10.4. The van der Waals surface area contributed by atoms with Gasteiger partial charge in [-0.15, -0.1) is 0 Å². The molecule has 0 saturated heterocycles. The van der Waals surface area contributed by atoms with Crippen LogP contribution < -0.4 is 5.32 Å². The van der Waals surface area contributed by atoms with E-state index in [0.29, 0.717) is 11.1 Å². The van der Waals surface area contributed by atoms with E-state index in [1.807, 2.05) is 12.1 Å². The summed E-state index contributed by atoms with van der Waals surface area (Å²) < 4.78 is 0.909. The molecule has 0 unspecified atom stereocenters. The summed E-state index contributed by atoms with van der Waals surface area (Å²) in [6.07, 6.45) is 0. The van der Waals surface area contributed by atoms with Crippen molar-refractivity contribution in [3.8, 4) is 0 Å². The highest BCUT2D eigenvalue weighted by Gasteiger charge is 2.17. The maximum absolute atomic E-state index is 11.0. The summed E-state index contributed by atoms with van der Waals surface area (Å²) in [5.41, 5.74) is 0.646. The number of nitrogens with one attached hydrogen (secondary N) is 1. The third kappa shape index (κ3) is 1.74. The molecule has 0 heterocycles. The van der Waals surface area contributed by atoms with E-state index in [1.165, 1.54) is 0 Å². The van der Waals surface area contributed by atoms with Crippen molar-refractivity contribution < 1.29 is 4.92 Å². The highest BCUT2D eigenvalue weighted by molar-refractivity contribution is 9.10. The lowest BCUT2D eigenvalue weighted by Gasteiger charge is -2.05. The second-order valence-electron chi connectivity index (χ2n) is 3.33. The van der Waals surface area contributed by atoms with Gasteiger partial charge in [0.05, 0.1) is 10.3 Å². The fraction of sp³-hybridized carbons (Fsp3) is 0.0909. The zero-order valence-corrected chi connectivity index (χ0v) is 10.1. The molecule has 0 aliphatic heterocycles. The Hall–Kier alpha value is -1.62. The van der Waals surface area contributed by atoms with Gasteiger partial charge in [-0.25, -0.2) is 0 Å². The molecule has 0 amide bonds. The van der Waals surface area contributed by atoms with Crippen LogP contribution in [0, 0.1) is 10.1 Å². The first-order valence-electron chi connectivity index (χ1n) is 4.68. The van der Waals surface area contributed by atoms with Gasteiger partial charge < -0.3 is 5.32 Å². The van der Waals surface area contributed by atoms with Crippen LogP contribution in [-0.2, 0) is 0 Å². The molecule has 2 aromatic carbocycles. The summed E-state index contributed by atoms with van der Waals surface area (Å²) in [6, 6.07) is 8.99. The largest absolute Gasteiger partial charge is 0.383 e. The van der Waals surface area contributed by atoms with Crippen molar-refractivity contribution in [3.63, 3.8) is 0 Å². The molecule has 0 aliphatic rings. The van der Waals surface area contributed by atoms with Crippen LogP contribution in [-0.4, -0.2) is 12.0 Å². The maximum atomic E-state index is 11.0. The maximum Gasteiger partial charge on any atom is 0.300 e. The second kappa shape index (κ2) is 4.09. The lowest BCUT2D eigenvalue weighted by atomic mass is 10.1. The minimum atomic E-state index is -0.359. The van der Waals surface area contributed by atoms with Gasteiger partial charge in [0.25, 0.3) is 5.69 Å². The summed E-state index contributed by atoms with van der Waals surface area (Å²) in [7, 11) is 1.67. The zero-order valence-electron chi connectivity index (χ0n) is 8.53. The molecule has 5 heteroatoms. The minimum absolute atomic E-state index is 0.118. The molecule has 16 heavy (non-hydrogen) atoms. The molecular formula is C11H9BrN2O2. The van der Waals surface area contributed by atoms with Crippen molar-refractivity contribution in [2.24, 2.45) is 0 Å². The lowest BCUT2D eigenvalue weighted by Crippen LogP contribution is -1.97. The van der Waals surface area contributed by atoms with Crippen LogP contribution in [0.15, 0.2) is 34.8 Å². The Morgan fingerprint density at radius 3 is 2.69 bits per heavy atom. The van der Waals surface area contributed by atoms with Crippen LogP contribution in [0.2, 0.25) is 0 Å². The molecule has 2 aromatic rings. The van der Waals surface area contributed by atoms with E-state index >= 15 is 0 Å². The third-order valence-corrected chi connectivity index (χ3v) is 2.90. The van der Waals surface area contributed by atoms with Crippen LogP contribution in [0.4, 0.5) is 11.4 Å². The van der Waals surface area contributed by atoms with Crippen LogP contribution in [0.25, 0.3) is 10.8 Å². The number of fused-ring (bicyclic) bond motifs is 1. The van der Waals surface area contributed by atoms with Gasteiger partial charge in [-0.05, 0) is 29.7 Å². The summed E-state index contributed by atoms with van der Waals surface area (Å²) in [5.74, 6) is 0. The van der Waals surface area contributed by atoms with Crippen molar-refractivity contribution in [1.29, 1.82) is 0 Å². The number of nitro benzene ring substituents is 1. The van der Waals surface area contributed by atoms with Gasteiger partial charge in [0.2, 0.25) is 0 Å². The van der Waals surface area contributed by atoms with E-state index in [2.05, 4.69) is 21.2 Å². The van der Waals surface area contributed by atoms with Gasteiger partial charge in [0, 0.05) is 11.5 Å². The molecule has 0 spiro atoms. The monoisotopic (exact) mass is 280 g/mol. The predicted octanol–water partition coefficient (Wildman–Crippen LogP) is 3.55. The summed E-state index contributed by atoms with van der Waals surface area (Å²) in [5, 5.41) is 15.3. The molecule has 0 aliphatic carbocycles. The fourth-order valence-corrected chi connectivity index (χ4v) is 2.06. The summed E-state index contributed by atoms with van der Waals surface area (Å²) in [4.78, 5) is 10.7. The van der Waals surface area contributed by atoms with Gasteiger partial charge in [-0.1, -0.05) is 22.0 Å². The molecule has 0 aromatic heterocycles. The van der Waals surface area contributed by atoms with E-state index < -0.39 is 0 Å². The Labute approximate surface area is 101 Å². The molecular weight excluding hydrogens is 272 g/mol. The van der Waals surface area contributed by atoms with Crippen molar-refractivity contribution in [2.45, 2.75) is 0 Å². The van der Waals surface area contributed by atoms with Crippen LogP contribution in [0.1, 0.15) is 0 Å². The van der Waals surface area contributed by atoms with E-state index in [1.54, 1.807) is 25.2 Å². The van der Waals surface area contributed by atoms with Crippen molar-refractivity contribution >= 4 is 38.1 Å². The second-order valence-corrected chi connectivity index (χ2v) is 4.25. The standard InChI is InChI=1S/C11H9BrN2O2/c1-13-10-5-2-7-6-8(12)3-4-9(7)11(10)14(15)16/h2-6,13H,1H3. The Balaban J connectivity index is 2.84. The first-order valence-corrected chi connectivity index (χ1v) is 5.47. The quantitative estimate of drug-likeness (QED) is 0.676. The zero-order chi connectivity index (χ0) is 11.7. The van der Waals surface area contributed by atoms with E-state index in [-0.39, 0.29) is 10.6 Å². The highest BCUT2D eigenvalue weighted by atomic mass is 79.9. The number of rotatable bonds is 2. The topological polar surface area (TPSA) is 55.2 Å². The molecule has 1 N–H and O–H groups in total. The van der Waals surface area contributed by atoms with Crippen molar-refractivity contribution in [2.75, 3.05) is 12.4 Å². The molecule has 0 saturated carbocycles.